The van der Waals surface area contributed by atoms with Crippen LogP contribution in [-0.2, 0) is 9.59 Å². The highest BCUT2D eigenvalue weighted by atomic mass is 19.3. The van der Waals surface area contributed by atoms with Crippen LogP contribution in [0.5, 0.6) is 0 Å². The summed E-state index contributed by atoms with van der Waals surface area (Å²) in [5, 5.41) is 17.3. The molecule has 2 aromatic carbocycles. The fraction of sp³-hybridized carbons (Fsp3) is 0.593. The highest BCUT2D eigenvalue weighted by Gasteiger charge is 2.43. The molecule has 86 heavy (non-hydrogen) atoms. The molecule has 2 saturated carbocycles. The first kappa shape index (κ1) is 66.1. The number of imidazole rings is 2. The third kappa shape index (κ3) is 16.5. The second-order valence-corrected chi connectivity index (χ2v) is 22.4. The Morgan fingerprint density at radius 3 is 1.23 bits per heavy atom. The number of benzene rings is 2. The van der Waals surface area contributed by atoms with Gasteiger partial charge in [0.1, 0.15) is 35.3 Å². The van der Waals surface area contributed by atoms with Crippen molar-refractivity contribution >= 4 is 45.7 Å². The highest BCUT2D eigenvalue weighted by molar-refractivity contribution is 5.92. The Balaban J connectivity index is 0.000000246. The molecule has 2 aliphatic rings. The zero-order valence-corrected chi connectivity index (χ0v) is 47.2. The molecular formula is C54H64F14N14O4. The number of H-pyrrole nitrogens is 2. The lowest BCUT2D eigenvalue weighted by molar-refractivity contribution is -0.125. The van der Waals surface area contributed by atoms with Gasteiger partial charge in [-0.25, -0.2) is 90.8 Å². The third-order valence-corrected chi connectivity index (χ3v) is 14.8. The van der Waals surface area contributed by atoms with Crippen LogP contribution in [0.25, 0.3) is 22.1 Å². The Bertz CT molecular complexity index is 3100. The van der Waals surface area contributed by atoms with Crippen molar-refractivity contribution in [3.8, 4) is 0 Å². The summed E-state index contributed by atoms with van der Waals surface area (Å²) in [5.74, 6) is -23.1. The molecule has 0 bridgehead atoms. The number of hydrogen-bond acceptors (Lipinski definition) is 10. The Kier molecular flexibility index (Phi) is 20.5. The van der Waals surface area contributed by atoms with Crippen LogP contribution >= 0.6 is 0 Å². The SMILES string of the molecule is CC(C)n1ncnc1C(=O)NC(c1nc2c(F)c(C(CC(F)F)C(=O)NCC(C)(F)F)ccc2[nH]1)C1CCC(F)(F)CC1.CC(C)n1ncnc1C(=O)NC(c1nc2c(F)c(C(CC(F)F)C(=O)NCC(C)(F)F)ccc2[nH]1)C1CCC(F)(F)CC1. The number of rotatable bonds is 22. The molecule has 4 heterocycles. The predicted octanol–water partition coefficient (Wildman–Crippen LogP) is 11.4. The van der Waals surface area contributed by atoms with E-state index < -0.39 is 170 Å². The molecule has 0 radical (unpaired) electrons. The van der Waals surface area contributed by atoms with Gasteiger partial charge < -0.3 is 31.2 Å². The number of alkyl halides is 12. The van der Waals surface area contributed by atoms with Gasteiger partial charge in [-0.1, -0.05) is 12.1 Å². The van der Waals surface area contributed by atoms with Gasteiger partial charge in [0, 0.05) is 75.6 Å². The quantitative estimate of drug-likeness (QED) is 0.0352. The smallest absolute Gasteiger partial charge is 0.289 e. The number of aromatic nitrogens is 10. The topological polar surface area (TPSA) is 235 Å². The number of nitrogens with zero attached hydrogens (tertiary/aromatic N) is 8. The van der Waals surface area contributed by atoms with Crippen molar-refractivity contribution < 1.29 is 80.6 Å². The summed E-state index contributed by atoms with van der Waals surface area (Å²) in [6.45, 7) is 5.92. The lowest BCUT2D eigenvalue weighted by Gasteiger charge is -2.33. The molecule has 4 amide bonds. The highest BCUT2D eigenvalue weighted by Crippen LogP contribution is 2.44. The summed E-state index contributed by atoms with van der Waals surface area (Å²) in [6, 6.07) is 2.28. The molecule has 32 heteroatoms. The van der Waals surface area contributed by atoms with Crippen molar-refractivity contribution in [2.24, 2.45) is 11.8 Å². The molecule has 6 N–H and O–H groups in total. The summed E-state index contributed by atoms with van der Waals surface area (Å²) in [7, 11) is 0. The van der Waals surface area contributed by atoms with E-state index in [0.29, 0.717) is 13.8 Å². The van der Waals surface area contributed by atoms with Crippen molar-refractivity contribution in [3.63, 3.8) is 0 Å². The average molecular weight is 1240 g/mol. The van der Waals surface area contributed by atoms with Crippen molar-refractivity contribution in [1.29, 1.82) is 0 Å². The summed E-state index contributed by atoms with van der Waals surface area (Å²) < 4.78 is 197. The maximum atomic E-state index is 15.8. The second-order valence-electron chi connectivity index (χ2n) is 22.4. The summed E-state index contributed by atoms with van der Waals surface area (Å²) >= 11 is 0. The number of amides is 4. The van der Waals surface area contributed by atoms with Gasteiger partial charge in [0.25, 0.3) is 23.7 Å². The van der Waals surface area contributed by atoms with Crippen LogP contribution in [0, 0.1) is 23.5 Å². The molecule has 472 valence electrons. The number of fused-ring (bicyclic) bond motifs is 2. The lowest BCUT2D eigenvalue weighted by atomic mass is 9.81. The van der Waals surface area contributed by atoms with Crippen LogP contribution in [0.4, 0.5) is 61.5 Å². The first-order chi connectivity index (χ1) is 40.1. The number of nitrogens with one attached hydrogen (secondary N) is 6. The third-order valence-electron chi connectivity index (χ3n) is 14.8. The number of carbonyl (C=O) groups is 4. The average Bonchev–Trinajstić information content (AvgIpc) is 2.04. The van der Waals surface area contributed by atoms with Gasteiger partial charge in [0.2, 0.25) is 48.2 Å². The molecule has 0 aliphatic heterocycles. The molecule has 0 spiro atoms. The van der Waals surface area contributed by atoms with Gasteiger partial charge in [-0.2, -0.15) is 10.2 Å². The van der Waals surface area contributed by atoms with E-state index in [-0.39, 0.29) is 83.1 Å². The van der Waals surface area contributed by atoms with Crippen molar-refractivity contribution in [2.45, 2.75) is 178 Å². The molecule has 0 saturated heterocycles. The lowest BCUT2D eigenvalue weighted by Crippen LogP contribution is -2.38. The Morgan fingerprint density at radius 1 is 0.593 bits per heavy atom. The number of hydrogen-bond donors (Lipinski definition) is 6. The summed E-state index contributed by atoms with van der Waals surface area (Å²) in [6.07, 6.45) is -7.70. The van der Waals surface area contributed by atoms with E-state index in [9.17, 15) is 71.9 Å². The minimum Gasteiger partial charge on any atom is -0.350 e. The van der Waals surface area contributed by atoms with Crippen LogP contribution in [-0.4, -0.2) is 123 Å². The molecule has 4 aromatic heterocycles. The second kappa shape index (κ2) is 26.7. The van der Waals surface area contributed by atoms with Crippen LogP contribution in [0.15, 0.2) is 36.9 Å². The van der Waals surface area contributed by atoms with Gasteiger partial charge in [-0.05, 0) is 77.3 Å². The Morgan fingerprint density at radius 2 is 0.930 bits per heavy atom. The fourth-order valence-corrected chi connectivity index (χ4v) is 10.4. The van der Waals surface area contributed by atoms with Crippen molar-refractivity contribution in [1.82, 2.24) is 70.7 Å². The fourth-order valence-electron chi connectivity index (χ4n) is 10.4. The monoisotopic (exact) mass is 1240 g/mol. The molecule has 2 fully saturated rings. The molecule has 4 atom stereocenters. The van der Waals surface area contributed by atoms with Crippen LogP contribution in [0.3, 0.4) is 0 Å². The molecule has 6 aromatic rings. The van der Waals surface area contributed by atoms with E-state index in [1.165, 1.54) is 34.2 Å². The Hall–Kier alpha value is -7.44. The molecule has 4 unspecified atom stereocenters. The van der Waals surface area contributed by atoms with E-state index in [4.69, 9.17) is 0 Å². The van der Waals surface area contributed by atoms with E-state index in [1.807, 2.05) is 10.6 Å². The normalized spacial score (nSPS) is 17.4. The van der Waals surface area contributed by atoms with Crippen LogP contribution in [0.2, 0.25) is 0 Å². The van der Waals surface area contributed by atoms with Gasteiger partial charge in [0.15, 0.2) is 11.6 Å². The molecular weight excluding hydrogens is 1170 g/mol. The predicted molar refractivity (Wildman–Crippen MR) is 281 cm³/mol. The van der Waals surface area contributed by atoms with E-state index in [0.717, 1.165) is 12.1 Å². The summed E-state index contributed by atoms with van der Waals surface area (Å²) in [5.41, 5.74) is -1.51. The minimum absolute atomic E-state index is 0.0122. The molecule has 18 nitrogen and oxygen atoms in total. The van der Waals surface area contributed by atoms with E-state index in [1.54, 1.807) is 27.7 Å². The van der Waals surface area contributed by atoms with Crippen molar-refractivity contribution in [3.05, 3.63) is 83.0 Å². The molecule has 8 rings (SSSR count). The van der Waals surface area contributed by atoms with Crippen LogP contribution < -0.4 is 21.3 Å². The standard InChI is InChI=1S/2C27H32F7N7O2/c2*1-13(2)41-23(36-12-37-41)25(43)40-20(14-6-8-27(33,34)9-7-14)22-38-17-5-4-15(19(30)21(17)39-22)16(10-18(28)29)24(42)35-11-26(3,31)32/h2*4-5,12-14,16,18,20H,6-11H2,1-3H3,(H,35,42)(H,38,39)(H,40,43). The maximum absolute atomic E-state index is 15.8. The Labute approximate surface area is 482 Å². The minimum atomic E-state index is -3.32. The summed E-state index contributed by atoms with van der Waals surface area (Å²) in [4.78, 5) is 74.0. The van der Waals surface area contributed by atoms with Crippen LogP contribution in [0.1, 0.15) is 186 Å². The first-order valence-corrected chi connectivity index (χ1v) is 27.5. The molecule has 2 aliphatic carbocycles. The number of aromatic amines is 2. The van der Waals surface area contributed by atoms with Crippen molar-refractivity contribution in [2.75, 3.05) is 13.1 Å². The number of halogens is 14. The zero-order chi connectivity index (χ0) is 63.4. The first-order valence-electron chi connectivity index (χ1n) is 27.5. The number of carbonyl (C=O) groups excluding carboxylic acids is 4. The van der Waals surface area contributed by atoms with Gasteiger partial charge in [0.05, 0.1) is 48.0 Å². The van der Waals surface area contributed by atoms with E-state index in [2.05, 4.69) is 50.7 Å². The van der Waals surface area contributed by atoms with E-state index >= 15 is 8.78 Å². The van der Waals surface area contributed by atoms with Gasteiger partial charge >= 0.3 is 0 Å². The largest absolute Gasteiger partial charge is 0.350 e. The maximum Gasteiger partial charge on any atom is 0.289 e. The van der Waals surface area contributed by atoms with Gasteiger partial charge in [-0.15, -0.1) is 0 Å². The zero-order valence-electron chi connectivity index (χ0n) is 47.2. The van der Waals surface area contributed by atoms with Gasteiger partial charge in [-0.3, -0.25) is 19.2 Å².